The zero-order valence-corrected chi connectivity index (χ0v) is 8.96. The van der Waals surface area contributed by atoms with Gasteiger partial charge < -0.3 is 9.84 Å². The number of allylic oxidation sites excluding steroid dienone is 1. The van der Waals surface area contributed by atoms with Crippen LogP contribution in [0.4, 0.5) is 0 Å². The van der Waals surface area contributed by atoms with Crippen molar-refractivity contribution in [3.05, 3.63) is 11.8 Å². The fourth-order valence-corrected chi connectivity index (χ4v) is 2.79. The molecule has 0 bridgehead atoms. The van der Waals surface area contributed by atoms with Crippen LogP contribution < -0.4 is 0 Å². The van der Waals surface area contributed by atoms with Gasteiger partial charge in [-0.25, -0.2) is 0 Å². The molecule has 1 heterocycles. The minimum atomic E-state index is -0.630. The summed E-state index contributed by atoms with van der Waals surface area (Å²) in [6.45, 7) is 2.94. The van der Waals surface area contributed by atoms with E-state index in [1.165, 1.54) is 0 Å². The molecule has 2 aliphatic rings. The van der Waals surface area contributed by atoms with E-state index in [-0.39, 0.29) is 0 Å². The van der Waals surface area contributed by atoms with Gasteiger partial charge in [0, 0.05) is 0 Å². The maximum absolute atomic E-state index is 10.6. The monoisotopic (exact) mass is 196 g/mol. The SMILES string of the molecule is CCC1CCCC1(O)C1=CCCCO1. The van der Waals surface area contributed by atoms with Crippen LogP contribution in [0.1, 0.15) is 45.4 Å². The van der Waals surface area contributed by atoms with Gasteiger partial charge in [0.1, 0.15) is 11.4 Å². The van der Waals surface area contributed by atoms with Crippen LogP contribution in [0.2, 0.25) is 0 Å². The quantitative estimate of drug-likeness (QED) is 0.735. The maximum Gasteiger partial charge on any atom is 0.124 e. The maximum atomic E-state index is 10.6. The van der Waals surface area contributed by atoms with Crippen molar-refractivity contribution in [3.8, 4) is 0 Å². The first-order valence-corrected chi connectivity index (χ1v) is 5.83. The van der Waals surface area contributed by atoms with E-state index < -0.39 is 5.60 Å². The molecule has 2 atom stereocenters. The third kappa shape index (κ3) is 1.56. The van der Waals surface area contributed by atoms with Gasteiger partial charge in [-0.15, -0.1) is 0 Å². The molecule has 14 heavy (non-hydrogen) atoms. The molecule has 1 aliphatic heterocycles. The van der Waals surface area contributed by atoms with Gasteiger partial charge in [-0.2, -0.15) is 0 Å². The summed E-state index contributed by atoms with van der Waals surface area (Å²) in [6.07, 6.45) is 8.47. The van der Waals surface area contributed by atoms with Crippen molar-refractivity contribution >= 4 is 0 Å². The second kappa shape index (κ2) is 3.93. The van der Waals surface area contributed by atoms with Gasteiger partial charge in [0.15, 0.2) is 0 Å². The number of hydrogen-bond acceptors (Lipinski definition) is 2. The van der Waals surface area contributed by atoms with Gasteiger partial charge in [-0.05, 0) is 44.1 Å². The molecular weight excluding hydrogens is 176 g/mol. The predicted molar refractivity (Wildman–Crippen MR) is 55.9 cm³/mol. The topological polar surface area (TPSA) is 29.5 Å². The molecule has 0 amide bonds. The Morgan fingerprint density at radius 2 is 2.43 bits per heavy atom. The second-order valence-electron chi connectivity index (χ2n) is 4.48. The molecule has 0 spiro atoms. The second-order valence-corrected chi connectivity index (χ2v) is 4.48. The van der Waals surface area contributed by atoms with E-state index in [1.807, 2.05) is 0 Å². The molecule has 80 valence electrons. The number of ether oxygens (including phenoxy) is 1. The summed E-state index contributed by atoms with van der Waals surface area (Å²) in [5, 5.41) is 10.6. The van der Waals surface area contributed by atoms with Crippen molar-refractivity contribution in [2.45, 2.75) is 51.0 Å². The number of aliphatic hydroxyl groups is 1. The van der Waals surface area contributed by atoms with E-state index in [1.54, 1.807) is 0 Å². The van der Waals surface area contributed by atoms with Gasteiger partial charge in [0.25, 0.3) is 0 Å². The van der Waals surface area contributed by atoms with Crippen LogP contribution in [-0.2, 0) is 4.74 Å². The minimum absolute atomic E-state index is 0.409. The van der Waals surface area contributed by atoms with E-state index in [0.717, 1.165) is 50.9 Å². The molecule has 2 nitrogen and oxygen atoms in total. The standard InChI is InChI=1S/C12H20O2/c1-2-10-6-5-8-12(10,13)11-7-3-4-9-14-11/h7,10,13H,2-6,8-9H2,1H3. The van der Waals surface area contributed by atoms with Gasteiger partial charge in [-0.1, -0.05) is 13.3 Å². The molecule has 0 aromatic heterocycles. The lowest BCUT2D eigenvalue weighted by Crippen LogP contribution is -2.37. The van der Waals surface area contributed by atoms with Crippen molar-refractivity contribution in [1.82, 2.24) is 0 Å². The predicted octanol–water partition coefficient (Wildman–Crippen LogP) is 2.62. The lowest BCUT2D eigenvalue weighted by Gasteiger charge is -2.33. The van der Waals surface area contributed by atoms with Crippen LogP contribution in [0.3, 0.4) is 0 Å². The van der Waals surface area contributed by atoms with Crippen LogP contribution in [0.25, 0.3) is 0 Å². The summed E-state index contributed by atoms with van der Waals surface area (Å²) in [4.78, 5) is 0. The lowest BCUT2D eigenvalue weighted by molar-refractivity contribution is -0.0247. The van der Waals surface area contributed by atoms with Crippen LogP contribution in [0.15, 0.2) is 11.8 Å². The molecule has 1 saturated carbocycles. The van der Waals surface area contributed by atoms with Crippen LogP contribution >= 0.6 is 0 Å². The Bertz CT molecular complexity index is 234. The van der Waals surface area contributed by atoms with E-state index in [4.69, 9.17) is 4.74 Å². The molecule has 1 aliphatic carbocycles. The van der Waals surface area contributed by atoms with Crippen molar-refractivity contribution in [2.75, 3.05) is 6.61 Å². The normalized spacial score (nSPS) is 37.9. The largest absolute Gasteiger partial charge is 0.495 e. The highest BCUT2D eigenvalue weighted by molar-refractivity contribution is 5.16. The van der Waals surface area contributed by atoms with Crippen molar-refractivity contribution in [2.24, 2.45) is 5.92 Å². The number of rotatable bonds is 2. The Kier molecular flexibility index (Phi) is 2.82. The fourth-order valence-electron chi connectivity index (χ4n) is 2.79. The van der Waals surface area contributed by atoms with Gasteiger partial charge >= 0.3 is 0 Å². The molecular formula is C12H20O2. The molecule has 2 unspecified atom stereocenters. The smallest absolute Gasteiger partial charge is 0.124 e. The molecule has 2 heteroatoms. The lowest BCUT2D eigenvalue weighted by atomic mass is 9.86. The Labute approximate surface area is 86.0 Å². The van der Waals surface area contributed by atoms with Gasteiger partial charge in [0.05, 0.1) is 6.61 Å². The van der Waals surface area contributed by atoms with Crippen molar-refractivity contribution in [3.63, 3.8) is 0 Å². The van der Waals surface area contributed by atoms with E-state index >= 15 is 0 Å². The molecule has 1 fully saturated rings. The van der Waals surface area contributed by atoms with Crippen LogP contribution in [0.5, 0.6) is 0 Å². The highest BCUT2D eigenvalue weighted by Crippen LogP contribution is 2.43. The Morgan fingerprint density at radius 3 is 3.07 bits per heavy atom. The van der Waals surface area contributed by atoms with Gasteiger partial charge in [0.2, 0.25) is 0 Å². The van der Waals surface area contributed by atoms with Crippen LogP contribution in [0, 0.1) is 5.92 Å². The number of hydrogen-bond donors (Lipinski definition) is 1. The van der Waals surface area contributed by atoms with Gasteiger partial charge in [-0.3, -0.25) is 0 Å². The average Bonchev–Trinajstić information content (AvgIpc) is 2.62. The summed E-state index contributed by atoms with van der Waals surface area (Å²) in [6, 6.07) is 0. The highest BCUT2D eigenvalue weighted by Gasteiger charge is 2.44. The summed E-state index contributed by atoms with van der Waals surface area (Å²) in [5.41, 5.74) is -0.630. The summed E-state index contributed by atoms with van der Waals surface area (Å²) in [7, 11) is 0. The van der Waals surface area contributed by atoms with E-state index in [2.05, 4.69) is 13.0 Å². The molecule has 0 radical (unpaired) electrons. The van der Waals surface area contributed by atoms with Crippen LogP contribution in [-0.4, -0.2) is 17.3 Å². The zero-order valence-electron chi connectivity index (χ0n) is 8.96. The van der Waals surface area contributed by atoms with Crippen molar-refractivity contribution in [1.29, 1.82) is 0 Å². The first-order valence-electron chi connectivity index (χ1n) is 5.83. The zero-order chi connectivity index (χ0) is 10.0. The fraction of sp³-hybridized carbons (Fsp3) is 0.833. The van der Waals surface area contributed by atoms with Crippen molar-refractivity contribution < 1.29 is 9.84 Å². The highest BCUT2D eigenvalue weighted by atomic mass is 16.5. The minimum Gasteiger partial charge on any atom is -0.495 e. The summed E-state index contributed by atoms with van der Waals surface area (Å²) < 4.78 is 5.61. The molecule has 0 saturated heterocycles. The van der Waals surface area contributed by atoms with E-state index in [9.17, 15) is 5.11 Å². The molecule has 2 rings (SSSR count). The Balaban J connectivity index is 2.16. The first kappa shape index (κ1) is 10.0. The molecule has 1 N–H and O–H groups in total. The molecule has 0 aromatic rings. The molecule has 0 aromatic carbocycles. The summed E-state index contributed by atoms with van der Waals surface area (Å²) >= 11 is 0. The Morgan fingerprint density at radius 1 is 1.57 bits per heavy atom. The average molecular weight is 196 g/mol. The van der Waals surface area contributed by atoms with E-state index in [0.29, 0.717) is 5.92 Å². The third-order valence-corrected chi connectivity index (χ3v) is 3.64. The Hall–Kier alpha value is -0.500. The summed E-state index contributed by atoms with van der Waals surface area (Å²) in [5.74, 6) is 1.28. The third-order valence-electron chi connectivity index (χ3n) is 3.64. The first-order chi connectivity index (χ1) is 6.77.